The number of hydrogen-bond acceptors (Lipinski definition) is 3. The van der Waals surface area contributed by atoms with Crippen LogP contribution in [0.1, 0.15) is 12.8 Å². The monoisotopic (exact) mass is 228 g/mol. The Morgan fingerprint density at radius 2 is 2.13 bits per heavy atom. The lowest BCUT2D eigenvalue weighted by Crippen LogP contribution is -2.42. The van der Waals surface area contributed by atoms with Crippen LogP contribution in [0.5, 0.6) is 0 Å². The van der Waals surface area contributed by atoms with Gasteiger partial charge in [0.05, 0.1) is 6.61 Å². The molecule has 0 spiro atoms. The van der Waals surface area contributed by atoms with Gasteiger partial charge in [-0.25, -0.2) is 0 Å². The second-order valence-electron chi connectivity index (χ2n) is 3.04. The van der Waals surface area contributed by atoms with Crippen LogP contribution in [-0.2, 0) is 9.53 Å². The molecular formula is C8H15F3N2O2. The van der Waals surface area contributed by atoms with Gasteiger partial charge in [0.15, 0.2) is 0 Å². The molecule has 15 heavy (non-hydrogen) atoms. The van der Waals surface area contributed by atoms with E-state index in [0.29, 0.717) is 0 Å². The van der Waals surface area contributed by atoms with Crippen molar-refractivity contribution >= 4 is 5.91 Å². The number of nitrogens with one attached hydrogen (secondary N) is 1. The number of primary amides is 1. The van der Waals surface area contributed by atoms with Gasteiger partial charge in [0.1, 0.15) is 6.04 Å². The Hall–Kier alpha value is -0.820. The molecule has 1 atom stereocenters. The lowest BCUT2D eigenvalue weighted by molar-refractivity contribution is -0.138. The average molecular weight is 228 g/mol. The molecule has 0 bridgehead atoms. The van der Waals surface area contributed by atoms with Crippen molar-refractivity contribution in [2.24, 2.45) is 5.73 Å². The Kier molecular flexibility index (Phi) is 6.26. The van der Waals surface area contributed by atoms with E-state index < -0.39 is 24.5 Å². The Balaban J connectivity index is 3.49. The summed E-state index contributed by atoms with van der Waals surface area (Å²) in [5.74, 6) is -0.590. The van der Waals surface area contributed by atoms with Crippen molar-refractivity contribution in [3.63, 3.8) is 0 Å². The minimum Gasteiger partial charge on any atom is -0.379 e. The highest BCUT2D eigenvalue weighted by Gasteiger charge is 2.26. The third kappa shape index (κ3) is 8.19. The van der Waals surface area contributed by atoms with Crippen LogP contribution in [0.25, 0.3) is 0 Å². The lowest BCUT2D eigenvalue weighted by Gasteiger charge is -2.12. The van der Waals surface area contributed by atoms with Gasteiger partial charge in [-0.1, -0.05) is 0 Å². The number of carbonyl (C=O) groups excluding carboxylic acids is 1. The molecule has 0 aliphatic heterocycles. The van der Waals surface area contributed by atoms with Crippen LogP contribution in [0.15, 0.2) is 0 Å². The number of amides is 1. The van der Waals surface area contributed by atoms with Crippen LogP contribution in [0.4, 0.5) is 13.2 Å². The summed E-state index contributed by atoms with van der Waals surface area (Å²) in [5, 5.41) is 2.59. The molecule has 1 amide bonds. The molecule has 0 aromatic heterocycles. The van der Waals surface area contributed by atoms with E-state index in [4.69, 9.17) is 10.5 Å². The molecule has 3 N–H and O–H groups in total. The van der Waals surface area contributed by atoms with Gasteiger partial charge >= 0.3 is 6.18 Å². The van der Waals surface area contributed by atoms with Gasteiger partial charge in [-0.3, -0.25) is 4.79 Å². The number of rotatable bonds is 7. The molecule has 90 valence electrons. The molecule has 0 saturated heterocycles. The molecule has 0 aromatic carbocycles. The number of nitrogens with two attached hydrogens (primary N) is 1. The van der Waals surface area contributed by atoms with E-state index in [-0.39, 0.29) is 19.6 Å². The first-order valence-electron chi connectivity index (χ1n) is 4.48. The smallest absolute Gasteiger partial charge is 0.379 e. The topological polar surface area (TPSA) is 64.3 Å². The van der Waals surface area contributed by atoms with Crippen molar-refractivity contribution in [3.8, 4) is 0 Å². The van der Waals surface area contributed by atoms with Gasteiger partial charge < -0.3 is 15.8 Å². The molecular weight excluding hydrogens is 213 g/mol. The van der Waals surface area contributed by atoms with E-state index in [9.17, 15) is 18.0 Å². The SMILES string of the molecule is CNC(COCCCC(F)(F)F)C(N)=O. The Bertz CT molecular complexity index is 197. The summed E-state index contributed by atoms with van der Waals surface area (Å²) in [6, 6.07) is -0.657. The summed E-state index contributed by atoms with van der Waals surface area (Å²) in [5.41, 5.74) is 4.97. The summed E-state index contributed by atoms with van der Waals surface area (Å²) in [6.07, 6.45) is -5.15. The largest absolute Gasteiger partial charge is 0.389 e. The number of halogens is 3. The Morgan fingerprint density at radius 3 is 2.53 bits per heavy atom. The van der Waals surface area contributed by atoms with Crippen LogP contribution in [0.3, 0.4) is 0 Å². The van der Waals surface area contributed by atoms with E-state index >= 15 is 0 Å². The van der Waals surface area contributed by atoms with Crippen molar-refractivity contribution in [2.45, 2.75) is 25.1 Å². The fourth-order valence-corrected chi connectivity index (χ4v) is 0.884. The molecule has 1 unspecified atom stereocenters. The highest BCUT2D eigenvalue weighted by molar-refractivity contribution is 5.79. The molecule has 0 saturated carbocycles. The standard InChI is InChI=1S/C8H15F3N2O2/c1-13-6(7(12)14)5-15-4-2-3-8(9,10)11/h6,13H,2-5H2,1H3,(H2,12,14). The minimum absolute atomic E-state index is 0.0102. The molecule has 0 radical (unpaired) electrons. The van der Waals surface area contributed by atoms with Crippen LogP contribution in [0, 0.1) is 0 Å². The number of hydrogen-bond donors (Lipinski definition) is 2. The Labute approximate surface area is 86.0 Å². The maximum atomic E-state index is 11.7. The second-order valence-corrected chi connectivity index (χ2v) is 3.04. The van der Waals surface area contributed by atoms with Crippen molar-refractivity contribution in [1.82, 2.24) is 5.32 Å². The third-order valence-electron chi connectivity index (χ3n) is 1.73. The first-order valence-corrected chi connectivity index (χ1v) is 4.48. The minimum atomic E-state index is -4.16. The summed E-state index contributed by atoms with van der Waals surface area (Å²) < 4.78 is 40.0. The number of carbonyl (C=O) groups is 1. The maximum absolute atomic E-state index is 11.7. The molecule has 0 fully saturated rings. The van der Waals surface area contributed by atoms with Gasteiger partial charge in [-0.15, -0.1) is 0 Å². The van der Waals surface area contributed by atoms with Crippen LogP contribution in [-0.4, -0.2) is 38.4 Å². The fourth-order valence-electron chi connectivity index (χ4n) is 0.884. The van der Waals surface area contributed by atoms with Gasteiger partial charge in [0.2, 0.25) is 5.91 Å². The average Bonchev–Trinajstić information content (AvgIpc) is 2.08. The number of alkyl halides is 3. The number of ether oxygens (including phenoxy) is 1. The second kappa shape index (κ2) is 6.62. The third-order valence-corrected chi connectivity index (χ3v) is 1.73. The van der Waals surface area contributed by atoms with Crippen LogP contribution < -0.4 is 11.1 Å². The first-order chi connectivity index (χ1) is 6.87. The zero-order valence-corrected chi connectivity index (χ0v) is 8.43. The molecule has 4 nitrogen and oxygen atoms in total. The molecule has 7 heteroatoms. The van der Waals surface area contributed by atoms with E-state index in [1.165, 1.54) is 7.05 Å². The first kappa shape index (κ1) is 14.2. The molecule has 0 rings (SSSR count). The Morgan fingerprint density at radius 1 is 1.53 bits per heavy atom. The van der Waals surface area contributed by atoms with Gasteiger partial charge in [-0.2, -0.15) is 13.2 Å². The highest BCUT2D eigenvalue weighted by Crippen LogP contribution is 2.20. The van der Waals surface area contributed by atoms with Gasteiger partial charge in [-0.05, 0) is 13.5 Å². The van der Waals surface area contributed by atoms with Crippen molar-refractivity contribution < 1.29 is 22.7 Å². The quantitative estimate of drug-likeness (QED) is 0.621. The van der Waals surface area contributed by atoms with Gasteiger partial charge in [0, 0.05) is 13.0 Å². The van der Waals surface area contributed by atoms with E-state index in [1.807, 2.05) is 0 Å². The van der Waals surface area contributed by atoms with Crippen molar-refractivity contribution in [2.75, 3.05) is 20.3 Å². The maximum Gasteiger partial charge on any atom is 0.389 e. The molecule has 0 heterocycles. The lowest BCUT2D eigenvalue weighted by atomic mass is 10.3. The summed E-state index contributed by atoms with van der Waals surface area (Å²) in [7, 11) is 1.52. The number of likely N-dealkylation sites (N-methyl/N-ethyl adjacent to an activating group) is 1. The van der Waals surface area contributed by atoms with Crippen LogP contribution >= 0.6 is 0 Å². The summed E-state index contributed by atoms with van der Waals surface area (Å²) >= 11 is 0. The predicted molar refractivity (Wildman–Crippen MR) is 48.2 cm³/mol. The normalized spacial score (nSPS) is 13.9. The highest BCUT2D eigenvalue weighted by atomic mass is 19.4. The molecule has 0 aliphatic carbocycles. The fraction of sp³-hybridized carbons (Fsp3) is 0.875. The zero-order chi connectivity index (χ0) is 11.9. The molecule has 0 aliphatic rings. The molecule has 0 aromatic rings. The van der Waals surface area contributed by atoms with Gasteiger partial charge in [0.25, 0.3) is 0 Å². The van der Waals surface area contributed by atoms with E-state index in [0.717, 1.165) is 0 Å². The van der Waals surface area contributed by atoms with Crippen LogP contribution in [0.2, 0.25) is 0 Å². The summed E-state index contributed by atoms with van der Waals surface area (Å²) in [4.78, 5) is 10.7. The van der Waals surface area contributed by atoms with E-state index in [2.05, 4.69) is 5.32 Å². The van der Waals surface area contributed by atoms with Crippen molar-refractivity contribution in [1.29, 1.82) is 0 Å². The zero-order valence-electron chi connectivity index (χ0n) is 8.43. The van der Waals surface area contributed by atoms with E-state index in [1.54, 1.807) is 0 Å². The predicted octanol–water partition coefficient (Wildman–Crippen LogP) is 0.419. The summed E-state index contributed by atoms with van der Waals surface area (Å²) in [6.45, 7) is -0.0470. The van der Waals surface area contributed by atoms with Crippen molar-refractivity contribution in [3.05, 3.63) is 0 Å².